The number of rotatable bonds is 5. The lowest BCUT2D eigenvalue weighted by molar-refractivity contribution is -0.144. The molecule has 0 amide bonds. The molecule has 1 fully saturated rings. The second-order valence-electron chi connectivity index (χ2n) is 6.82. The molecule has 27 heavy (non-hydrogen) atoms. The van der Waals surface area contributed by atoms with Gasteiger partial charge in [0.2, 0.25) is 0 Å². The van der Waals surface area contributed by atoms with Crippen LogP contribution in [0.4, 0.5) is 0 Å². The largest absolute Gasteiger partial charge is 0.490 e. The van der Waals surface area contributed by atoms with E-state index < -0.39 is 0 Å². The van der Waals surface area contributed by atoms with Crippen LogP contribution in [-0.2, 0) is 9.53 Å². The fourth-order valence-corrected chi connectivity index (χ4v) is 3.53. The Hall–Kier alpha value is -3.08. The second kappa shape index (κ2) is 7.27. The third-order valence-corrected chi connectivity index (χ3v) is 5.07. The van der Waals surface area contributed by atoms with E-state index in [0.29, 0.717) is 0 Å². The van der Waals surface area contributed by atoms with Gasteiger partial charge in [0.05, 0.1) is 0 Å². The number of aromatic nitrogens is 1. The average Bonchev–Trinajstić information content (AvgIpc) is 3.27. The summed E-state index contributed by atoms with van der Waals surface area (Å²) in [6.45, 7) is 5.49. The molecule has 0 bridgehead atoms. The number of benzene rings is 1. The van der Waals surface area contributed by atoms with Gasteiger partial charge in [-0.2, -0.15) is 0 Å². The summed E-state index contributed by atoms with van der Waals surface area (Å²) in [6, 6.07) is 11.7. The quantitative estimate of drug-likeness (QED) is 0.483. The van der Waals surface area contributed by atoms with Gasteiger partial charge < -0.3 is 13.9 Å². The van der Waals surface area contributed by atoms with Gasteiger partial charge >= 0.3 is 5.97 Å². The SMILES string of the molecule is C=CC(=O)OC1CCC(Oc2ccc3cc(-c4cccnc4)oc3c2)C1C. The molecule has 4 rings (SSSR count). The smallest absolute Gasteiger partial charge is 0.330 e. The Bertz CT molecular complexity index is 963. The van der Waals surface area contributed by atoms with Crippen LogP contribution in [0.3, 0.4) is 0 Å². The Kier molecular flexibility index (Phi) is 4.67. The summed E-state index contributed by atoms with van der Waals surface area (Å²) >= 11 is 0. The van der Waals surface area contributed by atoms with Crippen molar-refractivity contribution in [1.29, 1.82) is 0 Å². The van der Waals surface area contributed by atoms with Gasteiger partial charge in [-0.1, -0.05) is 13.5 Å². The molecule has 0 radical (unpaired) electrons. The lowest BCUT2D eigenvalue weighted by Gasteiger charge is -2.21. The zero-order chi connectivity index (χ0) is 18.8. The van der Waals surface area contributed by atoms with E-state index in [2.05, 4.69) is 11.6 Å². The number of pyridine rings is 1. The van der Waals surface area contributed by atoms with Crippen molar-refractivity contribution in [2.45, 2.75) is 32.0 Å². The van der Waals surface area contributed by atoms with Crippen LogP contribution in [0.15, 0.2) is 65.9 Å². The van der Waals surface area contributed by atoms with E-state index in [1.807, 2.05) is 43.3 Å². The topological polar surface area (TPSA) is 61.6 Å². The van der Waals surface area contributed by atoms with Crippen molar-refractivity contribution in [2.75, 3.05) is 0 Å². The third kappa shape index (κ3) is 3.58. The van der Waals surface area contributed by atoms with E-state index >= 15 is 0 Å². The molecular weight excluding hydrogens is 342 g/mol. The zero-order valence-corrected chi connectivity index (χ0v) is 15.1. The van der Waals surface area contributed by atoms with Crippen LogP contribution in [0.5, 0.6) is 5.75 Å². The van der Waals surface area contributed by atoms with Crippen molar-refractivity contribution in [2.24, 2.45) is 5.92 Å². The number of carbonyl (C=O) groups is 1. The van der Waals surface area contributed by atoms with E-state index in [-0.39, 0.29) is 24.1 Å². The predicted molar refractivity (Wildman–Crippen MR) is 102 cm³/mol. The molecule has 0 aliphatic heterocycles. The minimum absolute atomic E-state index is 0.00202. The maximum atomic E-state index is 11.4. The molecule has 5 nitrogen and oxygen atoms in total. The molecule has 138 valence electrons. The van der Waals surface area contributed by atoms with Crippen molar-refractivity contribution in [3.8, 4) is 17.1 Å². The Balaban J connectivity index is 1.50. The molecule has 3 atom stereocenters. The molecule has 3 aromatic rings. The van der Waals surface area contributed by atoms with Gasteiger partial charge in [-0.05, 0) is 43.2 Å². The number of ether oxygens (including phenoxy) is 2. The van der Waals surface area contributed by atoms with Crippen LogP contribution in [0.1, 0.15) is 19.8 Å². The number of furan rings is 1. The van der Waals surface area contributed by atoms with Crippen LogP contribution in [0, 0.1) is 5.92 Å². The molecule has 0 spiro atoms. The van der Waals surface area contributed by atoms with Gasteiger partial charge in [0.1, 0.15) is 29.3 Å². The summed E-state index contributed by atoms with van der Waals surface area (Å²) in [6.07, 6.45) is 6.21. The highest BCUT2D eigenvalue weighted by atomic mass is 16.5. The van der Waals surface area contributed by atoms with Gasteiger partial charge in [0.15, 0.2) is 0 Å². The standard InChI is InChI=1S/C22H21NO4/c1-3-22(24)27-19-9-8-18(14(19)2)25-17-7-6-15-11-20(26-21(15)12-17)16-5-4-10-23-13-16/h3-7,10-14,18-19H,1,8-9H2,2H3. The fraction of sp³-hybridized carbons (Fsp3) is 0.273. The van der Waals surface area contributed by atoms with Crippen molar-refractivity contribution in [1.82, 2.24) is 4.98 Å². The fourth-order valence-electron chi connectivity index (χ4n) is 3.53. The van der Waals surface area contributed by atoms with Crippen LogP contribution < -0.4 is 4.74 Å². The molecule has 1 aliphatic rings. The van der Waals surface area contributed by atoms with E-state index in [1.54, 1.807) is 12.4 Å². The molecule has 1 aromatic carbocycles. The molecule has 3 unspecified atom stereocenters. The molecule has 1 saturated carbocycles. The number of carbonyl (C=O) groups excluding carboxylic acids is 1. The minimum Gasteiger partial charge on any atom is -0.490 e. The average molecular weight is 363 g/mol. The Morgan fingerprint density at radius 2 is 2.11 bits per heavy atom. The minimum atomic E-state index is -0.382. The monoisotopic (exact) mass is 363 g/mol. The van der Waals surface area contributed by atoms with E-state index in [4.69, 9.17) is 13.9 Å². The van der Waals surface area contributed by atoms with Crippen molar-refractivity contribution in [3.05, 3.63) is 61.4 Å². The molecule has 2 aromatic heterocycles. The van der Waals surface area contributed by atoms with Crippen LogP contribution in [0.25, 0.3) is 22.3 Å². The summed E-state index contributed by atoms with van der Waals surface area (Å²) in [4.78, 5) is 15.6. The second-order valence-corrected chi connectivity index (χ2v) is 6.82. The van der Waals surface area contributed by atoms with E-state index in [0.717, 1.165) is 40.9 Å². The number of hydrogen-bond acceptors (Lipinski definition) is 5. The maximum Gasteiger partial charge on any atom is 0.330 e. The van der Waals surface area contributed by atoms with Gasteiger partial charge in [0.25, 0.3) is 0 Å². The zero-order valence-electron chi connectivity index (χ0n) is 15.1. The van der Waals surface area contributed by atoms with Gasteiger partial charge in [-0.3, -0.25) is 4.98 Å². The van der Waals surface area contributed by atoms with Crippen LogP contribution in [0.2, 0.25) is 0 Å². The maximum absolute atomic E-state index is 11.4. The highest BCUT2D eigenvalue weighted by molar-refractivity contribution is 5.84. The Morgan fingerprint density at radius 3 is 2.89 bits per heavy atom. The van der Waals surface area contributed by atoms with E-state index in [9.17, 15) is 4.79 Å². The summed E-state index contributed by atoms with van der Waals surface area (Å²) in [7, 11) is 0. The molecular formula is C22H21NO4. The number of nitrogens with zero attached hydrogens (tertiary/aromatic N) is 1. The number of hydrogen-bond donors (Lipinski definition) is 0. The first-order valence-electron chi connectivity index (χ1n) is 9.08. The Labute approximate surface area is 157 Å². The Morgan fingerprint density at radius 1 is 1.26 bits per heavy atom. The first-order valence-corrected chi connectivity index (χ1v) is 9.08. The normalized spacial score (nSPS) is 21.9. The molecule has 1 aliphatic carbocycles. The van der Waals surface area contributed by atoms with Crippen molar-refractivity contribution < 1.29 is 18.7 Å². The molecule has 5 heteroatoms. The highest BCUT2D eigenvalue weighted by Crippen LogP contribution is 2.34. The molecule has 0 saturated heterocycles. The van der Waals surface area contributed by atoms with Crippen molar-refractivity contribution in [3.63, 3.8) is 0 Å². The third-order valence-electron chi connectivity index (χ3n) is 5.07. The molecule has 0 N–H and O–H groups in total. The highest BCUT2D eigenvalue weighted by Gasteiger charge is 2.36. The summed E-state index contributed by atoms with van der Waals surface area (Å²) < 4.78 is 17.5. The van der Waals surface area contributed by atoms with Crippen LogP contribution >= 0.6 is 0 Å². The van der Waals surface area contributed by atoms with E-state index in [1.165, 1.54) is 6.08 Å². The lowest BCUT2D eigenvalue weighted by Crippen LogP contribution is -2.27. The molecule has 2 heterocycles. The first-order chi connectivity index (χ1) is 13.1. The first kappa shape index (κ1) is 17.3. The summed E-state index contributed by atoms with van der Waals surface area (Å²) in [5.74, 6) is 1.27. The van der Waals surface area contributed by atoms with Crippen molar-refractivity contribution >= 4 is 16.9 Å². The summed E-state index contributed by atoms with van der Waals surface area (Å²) in [5, 5.41) is 1.01. The lowest BCUT2D eigenvalue weighted by atomic mass is 10.1. The van der Waals surface area contributed by atoms with Gasteiger partial charge in [-0.25, -0.2) is 4.79 Å². The predicted octanol–water partition coefficient (Wildman–Crippen LogP) is 4.77. The van der Waals surface area contributed by atoms with Crippen LogP contribution in [-0.4, -0.2) is 23.2 Å². The van der Waals surface area contributed by atoms with Gasteiger partial charge in [0, 0.05) is 41.4 Å². The number of esters is 1. The van der Waals surface area contributed by atoms with Gasteiger partial charge in [-0.15, -0.1) is 0 Å². The summed E-state index contributed by atoms with van der Waals surface area (Å²) in [5.41, 5.74) is 1.71. The number of fused-ring (bicyclic) bond motifs is 1.